The Kier molecular flexibility index (Phi) is 6.85. The Labute approximate surface area is 210 Å². The molecule has 1 saturated heterocycles. The first-order valence-electron chi connectivity index (χ1n) is 11.3. The van der Waals surface area contributed by atoms with Gasteiger partial charge in [-0.2, -0.15) is 0 Å². The Morgan fingerprint density at radius 1 is 1.00 bits per heavy atom. The molecule has 1 aliphatic rings. The molecule has 3 aromatic rings. The number of hydrogen-bond acceptors (Lipinski definition) is 5. The lowest BCUT2D eigenvalue weighted by molar-refractivity contribution is -0.132. The van der Waals surface area contributed by atoms with Gasteiger partial charge in [0.15, 0.2) is 0 Å². The summed E-state index contributed by atoms with van der Waals surface area (Å²) in [7, 11) is 3.86. The molecule has 6 nitrogen and oxygen atoms in total. The Hall–Kier alpha value is -3.77. The summed E-state index contributed by atoms with van der Waals surface area (Å²) in [6, 6.07) is 20.3. The highest BCUT2D eigenvalue weighted by molar-refractivity contribution is 6.51. The summed E-state index contributed by atoms with van der Waals surface area (Å²) in [6.07, 6.45) is 0.00276. The molecule has 180 valence electrons. The second-order valence-electron chi connectivity index (χ2n) is 8.83. The molecule has 0 aliphatic carbocycles. The van der Waals surface area contributed by atoms with Gasteiger partial charge >= 0.3 is 0 Å². The van der Waals surface area contributed by atoms with Crippen LogP contribution in [0.15, 0.2) is 78.4 Å². The van der Waals surface area contributed by atoms with E-state index in [4.69, 9.17) is 16.3 Å². The van der Waals surface area contributed by atoms with Crippen molar-refractivity contribution in [2.24, 2.45) is 0 Å². The summed E-state index contributed by atoms with van der Waals surface area (Å²) < 4.78 is 5.72. The van der Waals surface area contributed by atoms with Crippen molar-refractivity contribution in [3.05, 3.63) is 94.5 Å². The molecule has 1 amide bonds. The van der Waals surface area contributed by atoms with Gasteiger partial charge in [0.1, 0.15) is 11.5 Å². The zero-order chi connectivity index (χ0) is 25.3. The normalized spacial score (nSPS) is 17.2. The fraction of sp³-hybridized carbons (Fsp3) is 0.214. The third kappa shape index (κ3) is 4.88. The number of Topliss-reactive ketones (excluding diaryl/α,β-unsaturated/α-hetero) is 1. The Morgan fingerprint density at radius 3 is 2.23 bits per heavy atom. The molecular formula is C28H27ClN2O4. The molecule has 1 N–H and O–H groups in total. The highest BCUT2D eigenvalue weighted by atomic mass is 35.5. The van der Waals surface area contributed by atoms with E-state index in [1.165, 1.54) is 4.90 Å². The Balaban J connectivity index is 1.87. The SMILES string of the molecule is CC(C)Oc1ccc(N2C(=O)C(=O)/C(=C(\O)c3cccc(Cl)c3)C2c2ccc(N(C)C)cc2)cc1. The van der Waals surface area contributed by atoms with Crippen LogP contribution in [0.1, 0.15) is 31.0 Å². The lowest BCUT2D eigenvalue weighted by Gasteiger charge is -2.26. The van der Waals surface area contributed by atoms with Gasteiger partial charge in [0.2, 0.25) is 0 Å². The summed E-state index contributed by atoms with van der Waals surface area (Å²) in [5.74, 6) is -1.08. The predicted octanol–water partition coefficient (Wildman–Crippen LogP) is 5.82. The number of anilines is 2. The average molecular weight is 491 g/mol. The number of halogens is 1. The number of ether oxygens (including phenoxy) is 1. The van der Waals surface area contributed by atoms with Gasteiger partial charge in [-0.25, -0.2) is 0 Å². The topological polar surface area (TPSA) is 70.1 Å². The van der Waals surface area contributed by atoms with Gasteiger partial charge < -0.3 is 14.7 Å². The number of rotatable bonds is 6. The predicted molar refractivity (Wildman–Crippen MR) is 139 cm³/mol. The van der Waals surface area contributed by atoms with E-state index >= 15 is 0 Å². The average Bonchev–Trinajstić information content (AvgIpc) is 3.09. The maximum atomic E-state index is 13.3. The molecule has 0 radical (unpaired) electrons. The van der Waals surface area contributed by atoms with Crippen molar-refractivity contribution in [1.29, 1.82) is 0 Å². The molecule has 1 atom stereocenters. The first kappa shape index (κ1) is 24.4. The molecule has 1 unspecified atom stereocenters. The first-order chi connectivity index (χ1) is 16.7. The van der Waals surface area contributed by atoms with E-state index in [1.807, 2.05) is 57.1 Å². The van der Waals surface area contributed by atoms with E-state index in [1.54, 1.807) is 48.5 Å². The summed E-state index contributed by atoms with van der Waals surface area (Å²) in [5, 5.41) is 11.6. The highest BCUT2D eigenvalue weighted by Crippen LogP contribution is 2.43. The van der Waals surface area contributed by atoms with E-state index in [0.717, 1.165) is 5.69 Å². The second kappa shape index (κ2) is 9.84. The smallest absolute Gasteiger partial charge is 0.300 e. The van der Waals surface area contributed by atoms with Crippen LogP contribution < -0.4 is 14.5 Å². The molecule has 0 saturated carbocycles. The number of benzene rings is 3. The summed E-state index contributed by atoms with van der Waals surface area (Å²) >= 11 is 6.12. The van der Waals surface area contributed by atoms with Crippen LogP contribution in [0.5, 0.6) is 5.75 Å². The maximum Gasteiger partial charge on any atom is 0.300 e. The fourth-order valence-electron chi connectivity index (χ4n) is 4.12. The van der Waals surface area contributed by atoms with E-state index in [2.05, 4.69) is 0 Å². The fourth-order valence-corrected chi connectivity index (χ4v) is 4.31. The van der Waals surface area contributed by atoms with E-state index in [0.29, 0.717) is 27.6 Å². The van der Waals surface area contributed by atoms with Gasteiger partial charge in [-0.15, -0.1) is 0 Å². The standard InChI is InChI=1S/C28H27ClN2O4/c1-17(2)35-23-14-12-22(13-15-23)31-25(18-8-10-21(11-9-18)30(3)4)24(27(33)28(31)34)26(32)19-6-5-7-20(29)16-19/h5-17,25,32H,1-4H3/b26-24-. The number of aliphatic hydroxyl groups excluding tert-OH is 1. The van der Waals surface area contributed by atoms with Crippen molar-refractivity contribution >= 4 is 40.4 Å². The zero-order valence-corrected chi connectivity index (χ0v) is 20.8. The molecule has 7 heteroatoms. The number of aliphatic hydroxyl groups is 1. The van der Waals surface area contributed by atoms with Crippen molar-refractivity contribution in [1.82, 2.24) is 0 Å². The number of carbonyl (C=O) groups excluding carboxylic acids is 2. The quantitative estimate of drug-likeness (QED) is 0.268. The minimum absolute atomic E-state index is 0.00276. The van der Waals surface area contributed by atoms with Gasteiger partial charge in [0.25, 0.3) is 11.7 Å². The lowest BCUT2D eigenvalue weighted by atomic mass is 9.95. The molecule has 1 fully saturated rings. The van der Waals surface area contributed by atoms with Crippen molar-refractivity contribution in [3.63, 3.8) is 0 Å². The third-order valence-electron chi connectivity index (χ3n) is 5.75. The van der Waals surface area contributed by atoms with Crippen LogP contribution in [-0.2, 0) is 9.59 Å². The van der Waals surface area contributed by atoms with Crippen LogP contribution in [-0.4, -0.2) is 37.0 Å². The van der Waals surface area contributed by atoms with Gasteiger partial charge in [0.05, 0.1) is 17.7 Å². The monoisotopic (exact) mass is 490 g/mol. The second-order valence-corrected chi connectivity index (χ2v) is 9.26. The molecule has 4 rings (SSSR count). The molecular weight excluding hydrogens is 464 g/mol. The summed E-state index contributed by atoms with van der Waals surface area (Å²) in [4.78, 5) is 30.0. The van der Waals surface area contributed by atoms with Crippen LogP contribution in [0, 0.1) is 0 Å². The zero-order valence-electron chi connectivity index (χ0n) is 20.0. The highest BCUT2D eigenvalue weighted by Gasteiger charge is 2.47. The van der Waals surface area contributed by atoms with Crippen molar-refractivity contribution in [2.75, 3.05) is 23.9 Å². The number of hydrogen-bond donors (Lipinski definition) is 1. The minimum Gasteiger partial charge on any atom is -0.507 e. The van der Waals surface area contributed by atoms with Crippen LogP contribution in [0.2, 0.25) is 5.02 Å². The van der Waals surface area contributed by atoms with Crippen LogP contribution in [0.4, 0.5) is 11.4 Å². The summed E-state index contributed by atoms with van der Waals surface area (Å²) in [5.41, 5.74) is 2.56. The van der Waals surface area contributed by atoms with Gasteiger partial charge in [-0.1, -0.05) is 35.9 Å². The molecule has 0 aromatic heterocycles. The van der Waals surface area contributed by atoms with Crippen molar-refractivity contribution < 1.29 is 19.4 Å². The van der Waals surface area contributed by atoms with E-state index in [-0.39, 0.29) is 17.4 Å². The Morgan fingerprint density at radius 2 is 1.66 bits per heavy atom. The molecule has 1 aliphatic heterocycles. The molecule has 0 bridgehead atoms. The minimum atomic E-state index is -0.818. The lowest BCUT2D eigenvalue weighted by Crippen LogP contribution is -2.29. The van der Waals surface area contributed by atoms with Crippen LogP contribution >= 0.6 is 11.6 Å². The number of ketones is 1. The van der Waals surface area contributed by atoms with Crippen molar-refractivity contribution in [3.8, 4) is 5.75 Å². The molecule has 35 heavy (non-hydrogen) atoms. The van der Waals surface area contributed by atoms with Gasteiger partial charge in [0, 0.05) is 36.1 Å². The van der Waals surface area contributed by atoms with Crippen LogP contribution in [0.3, 0.4) is 0 Å². The molecule has 0 spiro atoms. The first-order valence-corrected chi connectivity index (χ1v) is 11.7. The third-order valence-corrected chi connectivity index (χ3v) is 5.99. The van der Waals surface area contributed by atoms with Crippen molar-refractivity contribution in [2.45, 2.75) is 26.0 Å². The van der Waals surface area contributed by atoms with E-state index < -0.39 is 17.7 Å². The molecule has 1 heterocycles. The number of carbonyl (C=O) groups is 2. The number of amides is 1. The Bertz CT molecular complexity index is 1280. The van der Waals surface area contributed by atoms with Gasteiger partial charge in [-0.05, 0) is 67.9 Å². The largest absolute Gasteiger partial charge is 0.507 e. The molecule has 3 aromatic carbocycles. The van der Waals surface area contributed by atoms with Crippen LogP contribution in [0.25, 0.3) is 5.76 Å². The van der Waals surface area contributed by atoms with Gasteiger partial charge in [-0.3, -0.25) is 14.5 Å². The summed E-state index contributed by atoms with van der Waals surface area (Å²) in [6.45, 7) is 3.86. The van der Waals surface area contributed by atoms with E-state index in [9.17, 15) is 14.7 Å². The number of nitrogens with zero attached hydrogens (tertiary/aromatic N) is 2. The maximum absolute atomic E-state index is 13.3.